The van der Waals surface area contributed by atoms with Crippen LogP contribution in [-0.2, 0) is 0 Å². The largest absolute Gasteiger partial charge is 0.456 e. The van der Waals surface area contributed by atoms with Gasteiger partial charge in [0.05, 0.1) is 0 Å². The van der Waals surface area contributed by atoms with Gasteiger partial charge in [-0.3, -0.25) is 0 Å². The fraction of sp³-hybridized carbons (Fsp3) is 0.0213. The topological polar surface area (TPSA) is 26.3 Å². The first-order chi connectivity index (χ1) is 24.1. The molecule has 0 spiro atoms. The summed E-state index contributed by atoms with van der Waals surface area (Å²) in [4.78, 5) is 0. The van der Waals surface area contributed by atoms with Gasteiger partial charge in [-0.15, -0.1) is 0 Å². The van der Waals surface area contributed by atoms with Crippen molar-refractivity contribution in [2.75, 3.05) is 0 Å². The molecule has 0 unspecified atom stereocenters. The molecule has 0 aliphatic carbocycles. The second kappa shape index (κ2) is 10.6. The molecular weight excluding hydrogens is 597 g/mol. The molecule has 8 aromatic carbocycles. The summed E-state index contributed by atoms with van der Waals surface area (Å²) in [5.74, 6) is 0.821. The zero-order chi connectivity index (χ0) is 32.6. The lowest BCUT2D eigenvalue weighted by Crippen LogP contribution is -1.86. The molecule has 2 aromatic heterocycles. The Kier molecular flexibility index (Phi) is 5.97. The Labute approximate surface area is 282 Å². The quantitative estimate of drug-likeness (QED) is 0.143. The van der Waals surface area contributed by atoms with Gasteiger partial charge < -0.3 is 8.83 Å². The van der Waals surface area contributed by atoms with Crippen LogP contribution in [-0.4, -0.2) is 0 Å². The van der Waals surface area contributed by atoms with Gasteiger partial charge in [-0.2, -0.15) is 0 Å². The lowest BCUT2D eigenvalue weighted by atomic mass is 9.92. The maximum Gasteiger partial charge on any atom is 0.139 e. The van der Waals surface area contributed by atoms with Gasteiger partial charge in [-0.05, 0) is 109 Å². The SMILES string of the molecule is C=C(/C=C\c1oc2cc3oc4ccc(-c5cc6ccccc6c6ccccc56)cc4c3cc2c1C)c1cc2ccccc2c2ccccc12. The van der Waals surface area contributed by atoms with Crippen molar-refractivity contribution in [2.24, 2.45) is 0 Å². The Bertz CT molecular complexity index is 3020. The molecule has 0 amide bonds. The summed E-state index contributed by atoms with van der Waals surface area (Å²) in [6, 6.07) is 49.7. The van der Waals surface area contributed by atoms with Crippen molar-refractivity contribution < 1.29 is 8.83 Å². The van der Waals surface area contributed by atoms with Crippen LogP contribution in [0.4, 0.5) is 0 Å². The van der Waals surface area contributed by atoms with Gasteiger partial charge in [0.2, 0.25) is 0 Å². The Morgan fingerprint density at radius 2 is 1.08 bits per heavy atom. The lowest BCUT2D eigenvalue weighted by molar-refractivity contribution is 0.599. The highest BCUT2D eigenvalue weighted by atomic mass is 16.3. The van der Waals surface area contributed by atoms with E-state index in [0.29, 0.717) is 0 Å². The molecule has 0 bridgehead atoms. The van der Waals surface area contributed by atoms with Crippen LogP contribution >= 0.6 is 0 Å². The molecule has 230 valence electrons. The number of rotatable bonds is 4. The summed E-state index contributed by atoms with van der Waals surface area (Å²) in [7, 11) is 0. The molecule has 0 saturated carbocycles. The van der Waals surface area contributed by atoms with E-state index in [2.05, 4.69) is 153 Å². The fourth-order valence-corrected chi connectivity index (χ4v) is 7.71. The number of furan rings is 2. The highest BCUT2D eigenvalue weighted by Crippen LogP contribution is 2.40. The van der Waals surface area contributed by atoms with Crippen LogP contribution in [0, 0.1) is 6.92 Å². The zero-order valence-corrected chi connectivity index (χ0v) is 27.0. The third-order valence-corrected chi connectivity index (χ3v) is 10.2. The van der Waals surface area contributed by atoms with Crippen LogP contribution in [0.3, 0.4) is 0 Å². The Hall–Kier alpha value is -6.38. The minimum atomic E-state index is 0.811. The summed E-state index contributed by atoms with van der Waals surface area (Å²) >= 11 is 0. The average molecular weight is 627 g/mol. The summed E-state index contributed by atoms with van der Waals surface area (Å²) in [5.41, 5.74) is 8.05. The standard InChI is InChI=1S/C47H30O2/c1-28(39-23-30-11-3-5-13-33(30)35-15-7-9-17-37(35)39)19-21-44-29(2)40-26-43-42-25-32(20-22-45(42)49-47(43)27-46(40)48-44)41-24-31-12-4-6-14-34(31)36-16-8-10-18-38(36)41/h3-27H,1H2,2H3/b21-19-. The van der Waals surface area contributed by atoms with Crippen LogP contribution in [0.15, 0.2) is 161 Å². The third kappa shape index (κ3) is 4.28. The van der Waals surface area contributed by atoms with Crippen LogP contribution in [0.5, 0.6) is 0 Å². The smallest absolute Gasteiger partial charge is 0.139 e. The van der Waals surface area contributed by atoms with Crippen molar-refractivity contribution >= 4 is 87.6 Å². The van der Waals surface area contributed by atoms with Crippen LogP contribution in [0.2, 0.25) is 0 Å². The van der Waals surface area contributed by atoms with Gasteiger partial charge in [0, 0.05) is 27.8 Å². The first kappa shape index (κ1) is 27.7. The molecule has 0 N–H and O–H groups in total. The molecule has 0 fully saturated rings. The zero-order valence-electron chi connectivity index (χ0n) is 27.0. The molecule has 49 heavy (non-hydrogen) atoms. The Balaban J connectivity index is 1.07. The number of benzene rings is 8. The van der Waals surface area contributed by atoms with E-state index in [9.17, 15) is 0 Å². The maximum atomic E-state index is 6.44. The van der Waals surface area contributed by atoms with E-state index in [-0.39, 0.29) is 0 Å². The minimum absolute atomic E-state index is 0.811. The molecule has 0 aliphatic rings. The predicted octanol–water partition coefficient (Wildman–Crippen LogP) is 13.6. The van der Waals surface area contributed by atoms with Crippen molar-refractivity contribution in [3.05, 3.63) is 169 Å². The van der Waals surface area contributed by atoms with Gasteiger partial charge in [0.25, 0.3) is 0 Å². The van der Waals surface area contributed by atoms with E-state index in [1.807, 2.05) is 12.1 Å². The number of fused-ring (bicyclic) bond motifs is 10. The molecule has 2 nitrogen and oxygen atoms in total. The molecule has 0 aliphatic heterocycles. The van der Waals surface area contributed by atoms with E-state index in [0.717, 1.165) is 55.4 Å². The molecule has 0 saturated heterocycles. The van der Waals surface area contributed by atoms with Crippen LogP contribution in [0.25, 0.3) is 98.8 Å². The first-order valence-corrected chi connectivity index (χ1v) is 16.7. The van der Waals surface area contributed by atoms with E-state index in [1.165, 1.54) is 54.2 Å². The van der Waals surface area contributed by atoms with Gasteiger partial charge >= 0.3 is 0 Å². The van der Waals surface area contributed by atoms with E-state index in [1.54, 1.807) is 0 Å². The lowest BCUT2D eigenvalue weighted by Gasteiger charge is -2.11. The Morgan fingerprint density at radius 1 is 0.490 bits per heavy atom. The molecule has 2 heteroatoms. The van der Waals surface area contributed by atoms with Crippen molar-refractivity contribution in [3.63, 3.8) is 0 Å². The fourth-order valence-electron chi connectivity index (χ4n) is 7.71. The highest BCUT2D eigenvalue weighted by molar-refractivity contribution is 6.16. The molecule has 2 heterocycles. The summed E-state index contributed by atoms with van der Waals surface area (Å²) in [5, 5.41) is 13.2. The average Bonchev–Trinajstić information content (AvgIpc) is 3.67. The van der Waals surface area contributed by atoms with Crippen molar-refractivity contribution in [2.45, 2.75) is 6.92 Å². The summed E-state index contributed by atoms with van der Waals surface area (Å²) in [6.45, 7) is 6.60. The second-order valence-corrected chi connectivity index (χ2v) is 13.0. The minimum Gasteiger partial charge on any atom is -0.456 e. The number of hydrogen-bond donors (Lipinski definition) is 0. The summed E-state index contributed by atoms with van der Waals surface area (Å²) < 4.78 is 12.8. The Morgan fingerprint density at radius 3 is 1.84 bits per heavy atom. The molecule has 0 radical (unpaired) electrons. The van der Waals surface area contributed by atoms with Gasteiger partial charge in [-0.1, -0.05) is 116 Å². The maximum absolute atomic E-state index is 6.44. The van der Waals surface area contributed by atoms with Crippen LogP contribution < -0.4 is 0 Å². The normalized spacial score (nSPS) is 12.2. The van der Waals surface area contributed by atoms with Crippen LogP contribution in [0.1, 0.15) is 16.9 Å². The number of allylic oxidation sites excluding steroid dienone is 2. The number of hydrogen-bond acceptors (Lipinski definition) is 2. The molecule has 10 aromatic rings. The number of aryl methyl sites for hydroxylation is 1. The second-order valence-electron chi connectivity index (χ2n) is 13.0. The van der Waals surface area contributed by atoms with Crippen molar-refractivity contribution in [1.29, 1.82) is 0 Å². The molecule has 0 atom stereocenters. The highest BCUT2D eigenvalue weighted by Gasteiger charge is 2.16. The van der Waals surface area contributed by atoms with Crippen molar-refractivity contribution in [1.82, 2.24) is 0 Å². The van der Waals surface area contributed by atoms with E-state index in [4.69, 9.17) is 8.83 Å². The van der Waals surface area contributed by atoms with Crippen molar-refractivity contribution in [3.8, 4) is 11.1 Å². The van der Waals surface area contributed by atoms with E-state index < -0.39 is 0 Å². The third-order valence-electron chi connectivity index (χ3n) is 10.2. The van der Waals surface area contributed by atoms with Gasteiger partial charge in [0.1, 0.15) is 22.5 Å². The van der Waals surface area contributed by atoms with Gasteiger partial charge in [0.15, 0.2) is 0 Å². The monoisotopic (exact) mass is 626 g/mol. The molecular formula is C47H30O2. The molecule has 10 rings (SSSR count). The van der Waals surface area contributed by atoms with E-state index >= 15 is 0 Å². The predicted molar refractivity (Wildman–Crippen MR) is 208 cm³/mol. The summed E-state index contributed by atoms with van der Waals surface area (Å²) in [6.07, 6.45) is 4.12. The van der Waals surface area contributed by atoms with Gasteiger partial charge in [-0.25, -0.2) is 0 Å². The first-order valence-electron chi connectivity index (χ1n) is 16.7.